The fourth-order valence-corrected chi connectivity index (χ4v) is 2.79. The molecule has 2 fully saturated rings. The van der Waals surface area contributed by atoms with E-state index in [1.54, 1.807) is 0 Å². The second kappa shape index (κ2) is 10.4. The van der Waals surface area contributed by atoms with Crippen LogP contribution in [0.15, 0.2) is 5.11 Å². The summed E-state index contributed by atoms with van der Waals surface area (Å²) in [6.45, 7) is -1.93. The second-order valence-electron chi connectivity index (χ2n) is 6.42. The van der Waals surface area contributed by atoms with Crippen molar-refractivity contribution in [2.75, 3.05) is 19.8 Å². The number of azide groups is 1. The summed E-state index contributed by atoms with van der Waals surface area (Å²) in [6, 6.07) is 0. The van der Waals surface area contributed by atoms with Crippen molar-refractivity contribution in [2.24, 2.45) is 5.11 Å². The zero-order chi connectivity index (χ0) is 21.7. The third-order valence-electron chi connectivity index (χ3n) is 4.46. The number of rotatable bonds is 7. The second-order valence-corrected chi connectivity index (χ2v) is 6.42. The van der Waals surface area contributed by atoms with Crippen LogP contribution in [0.5, 0.6) is 0 Å². The molecule has 7 N–H and O–H groups in total. The summed E-state index contributed by atoms with van der Waals surface area (Å²) in [5.74, 6) is -0.939. The Labute approximate surface area is 163 Å². The van der Waals surface area contributed by atoms with E-state index in [1.165, 1.54) is 0 Å². The van der Waals surface area contributed by atoms with E-state index in [0.717, 1.165) is 0 Å². The van der Waals surface area contributed by atoms with E-state index in [9.17, 15) is 40.5 Å². The van der Waals surface area contributed by atoms with Gasteiger partial charge in [0.25, 0.3) is 0 Å². The van der Waals surface area contributed by atoms with E-state index in [1.807, 2.05) is 0 Å². The molecule has 2 heterocycles. The Hall–Kier alpha value is -1.62. The summed E-state index contributed by atoms with van der Waals surface area (Å²) in [7, 11) is 0. The van der Waals surface area contributed by atoms with E-state index in [4.69, 9.17) is 24.5 Å². The van der Waals surface area contributed by atoms with Crippen molar-refractivity contribution >= 4 is 5.97 Å². The van der Waals surface area contributed by atoms with Gasteiger partial charge in [-0.2, -0.15) is 0 Å². The van der Waals surface area contributed by atoms with E-state index < -0.39 is 87.1 Å². The van der Waals surface area contributed by atoms with Crippen molar-refractivity contribution in [3.63, 3.8) is 0 Å². The van der Waals surface area contributed by atoms with Crippen molar-refractivity contribution in [2.45, 2.75) is 61.4 Å². The number of aliphatic hydroxyl groups excluding tert-OH is 7. The molecule has 0 amide bonds. The van der Waals surface area contributed by atoms with E-state index in [-0.39, 0.29) is 0 Å². The van der Waals surface area contributed by atoms with Gasteiger partial charge in [0.05, 0.1) is 6.61 Å². The number of esters is 1. The molecule has 0 spiro atoms. The Bertz CT molecular complexity index is 602. The Morgan fingerprint density at radius 2 is 1.41 bits per heavy atom. The van der Waals surface area contributed by atoms with Gasteiger partial charge in [-0.25, -0.2) is 0 Å². The molecule has 0 aromatic rings. The molecule has 0 aliphatic carbocycles. The maximum atomic E-state index is 11.4. The van der Waals surface area contributed by atoms with Gasteiger partial charge in [0.2, 0.25) is 0 Å². The number of aliphatic hydroxyl groups is 7. The molecule has 2 aliphatic rings. The largest absolute Gasteiger partial charge is 0.463 e. The third kappa shape index (κ3) is 5.50. The summed E-state index contributed by atoms with van der Waals surface area (Å²) in [5.41, 5.74) is 8.15. The molecule has 2 aliphatic heterocycles. The fraction of sp³-hybridized carbons (Fsp3) is 0.929. The first kappa shape index (κ1) is 23.7. The number of carbonyl (C=O) groups is 1. The van der Waals surface area contributed by atoms with Crippen molar-refractivity contribution < 1.29 is 59.5 Å². The van der Waals surface area contributed by atoms with Crippen LogP contribution in [-0.4, -0.2) is 123 Å². The smallest absolute Gasteiger partial charge is 0.311 e. The van der Waals surface area contributed by atoms with Crippen molar-refractivity contribution in [3.8, 4) is 0 Å². The van der Waals surface area contributed by atoms with Gasteiger partial charge in [0.15, 0.2) is 12.6 Å². The molecule has 15 heteroatoms. The number of nitrogens with zero attached hydrogens (tertiary/aromatic N) is 3. The SMILES string of the molecule is [N-]=[N+]=NCC(=O)OCC1O[C@H](O[C@H]2OC(CO)[C@@H](O)C(O)[C@H]2O)C(O)[C@@H](O)[C@@H]1O. The first-order chi connectivity index (χ1) is 13.7. The Morgan fingerprint density at radius 1 is 0.897 bits per heavy atom. The Morgan fingerprint density at radius 3 is 1.93 bits per heavy atom. The molecule has 2 rings (SSSR count). The highest BCUT2D eigenvalue weighted by Gasteiger charge is 2.49. The van der Waals surface area contributed by atoms with Crippen LogP contribution in [0, 0.1) is 0 Å². The van der Waals surface area contributed by atoms with Crippen LogP contribution in [0.25, 0.3) is 10.4 Å². The van der Waals surface area contributed by atoms with Crippen LogP contribution in [0.4, 0.5) is 0 Å². The van der Waals surface area contributed by atoms with Gasteiger partial charge in [-0.15, -0.1) is 0 Å². The van der Waals surface area contributed by atoms with Crippen LogP contribution < -0.4 is 0 Å². The summed E-state index contributed by atoms with van der Waals surface area (Å²) >= 11 is 0. The zero-order valence-corrected chi connectivity index (χ0v) is 14.9. The molecule has 29 heavy (non-hydrogen) atoms. The van der Waals surface area contributed by atoms with E-state index in [0.29, 0.717) is 0 Å². The minimum Gasteiger partial charge on any atom is -0.463 e. The van der Waals surface area contributed by atoms with Gasteiger partial charge in [0, 0.05) is 4.91 Å². The Balaban J connectivity index is 2.03. The molecule has 0 radical (unpaired) electrons. The topological polar surface area (TPSA) is 244 Å². The predicted molar refractivity (Wildman–Crippen MR) is 86.5 cm³/mol. The highest BCUT2D eigenvalue weighted by molar-refractivity contribution is 5.71. The maximum Gasteiger partial charge on any atom is 0.311 e. The van der Waals surface area contributed by atoms with Crippen molar-refractivity contribution in [3.05, 3.63) is 10.4 Å². The molecule has 0 aromatic carbocycles. The quantitative estimate of drug-likeness (QED) is 0.0882. The first-order valence-electron chi connectivity index (χ1n) is 8.53. The first-order valence-corrected chi connectivity index (χ1v) is 8.53. The molecule has 10 atom stereocenters. The summed E-state index contributed by atoms with van der Waals surface area (Å²) in [5, 5.41) is 71.7. The van der Waals surface area contributed by atoms with Gasteiger partial charge in [0.1, 0.15) is 62.0 Å². The van der Waals surface area contributed by atoms with Crippen molar-refractivity contribution in [1.82, 2.24) is 0 Å². The standard InChI is InChI=1S/C14H23N3O12/c15-17-16-1-6(19)26-3-5-8(21)10(23)12(25)14(28-5)29-13-11(24)9(22)7(20)4(2-18)27-13/h4-5,7-14,18,20-25H,1-3H2/t4?,5?,7-,8-,9?,10+,11-,12?,13-,14-/m1/s1. The van der Waals surface area contributed by atoms with Crippen LogP contribution in [-0.2, 0) is 23.7 Å². The monoisotopic (exact) mass is 425 g/mol. The number of hydrogen-bond donors (Lipinski definition) is 7. The molecule has 4 unspecified atom stereocenters. The molecule has 166 valence electrons. The van der Waals surface area contributed by atoms with Crippen LogP contribution >= 0.6 is 0 Å². The van der Waals surface area contributed by atoms with Crippen LogP contribution in [0.3, 0.4) is 0 Å². The van der Waals surface area contributed by atoms with Crippen LogP contribution in [0.1, 0.15) is 0 Å². The lowest BCUT2D eigenvalue weighted by molar-refractivity contribution is -0.376. The lowest BCUT2D eigenvalue weighted by Gasteiger charge is -2.44. The summed E-state index contributed by atoms with van der Waals surface area (Å²) < 4.78 is 20.3. The average molecular weight is 425 g/mol. The molecule has 0 saturated carbocycles. The minimum atomic E-state index is -1.83. The van der Waals surface area contributed by atoms with Gasteiger partial charge >= 0.3 is 5.97 Å². The van der Waals surface area contributed by atoms with Gasteiger partial charge in [-0.05, 0) is 5.53 Å². The number of hydrogen-bond acceptors (Lipinski definition) is 13. The number of carbonyl (C=O) groups excluding carboxylic acids is 1. The van der Waals surface area contributed by atoms with Gasteiger partial charge < -0.3 is 54.7 Å². The molecule has 0 aromatic heterocycles. The van der Waals surface area contributed by atoms with Crippen molar-refractivity contribution in [1.29, 1.82) is 0 Å². The van der Waals surface area contributed by atoms with Gasteiger partial charge in [-0.1, -0.05) is 5.11 Å². The highest BCUT2D eigenvalue weighted by Crippen LogP contribution is 2.28. The van der Waals surface area contributed by atoms with E-state index >= 15 is 0 Å². The normalized spacial score (nSPS) is 42.7. The molecule has 2 saturated heterocycles. The third-order valence-corrected chi connectivity index (χ3v) is 4.46. The maximum absolute atomic E-state index is 11.4. The molecule has 0 bridgehead atoms. The van der Waals surface area contributed by atoms with Crippen LogP contribution in [0.2, 0.25) is 0 Å². The fourth-order valence-electron chi connectivity index (χ4n) is 2.79. The summed E-state index contributed by atoms with van der Waals surface area (Å²) in [4.78, 5) is 13.8. The van der Waals surface area contributed by atoms with Gasteiger partial charge in [-0.3, -0.25) is 4.79 Å². The molecule has 15 nitrogen and oxygen atoms in total. The minimum absolute atomic E-state index is 0.598. The molecular weight excluding hydrogens is 402 g/mol. The lowest BCUT2D eigenvalue weighted by atomic mass is 9.98. The average Bonchev–Trinajstić information content (AvgIpc) is 2.71. The Kier molecular flexibility index (Phi) is 8.50. The number of ether oxygens (including phenoxy) is 4. The van der Waals surface area contributed by atoms with E-state index in [2.05, 4.69) is 10.0 Å². The lowest BCUT2D eigenvalue weighted by Crippen LogP contribution is -2.63. The summed E-state index contributed by atoms with van der Waals surface area (Å²) in [6.07, 6.45) is -16.6. The highest BCUT2D eigenvalue weighted by atomic mass is 16.8. The molecular formula is C14H23N3O12. The predicted octanol–water partition coefficient (Wildman–Crippen LogP) is -4.54. The zero-order valence-electron chi connectivity index (χ0n) is 14.9.